The molecule has 10 heteroatoms. The fourth-order valence-electron chi connectivity index (χ4n) is 3.14. The molecule has 1 aliphatic heterocycles. The average Bonchev–Trinajstić information content (AvgIpc) is 3.07. The number of halogens is 1. The molecule has 0 amide bonds. The number of rotatable bonds is 3. The summed E-state index contributed by atoms with van der Waals surface area (Å²) in [6.45, 7) is 1.60. The quantitative estimate of drug-likeness (QED) is 0.530. The van der Waals surface area contributed by atoms with Gasteiger partial charge in [-0.1, -0.05) is 11.6 Å². The van der Waals surface area contributed by atoms with Crippen LogP contribution in [-0.4, -0.2) is 55.5 Å². The predicted octanol–water partition coefficient (Wildman–Crippen LogP) is 0.940. The smallest absolute Gasteiger partial charge is 0.202 e. The molecule has 1 fully saturated rings. The highest BCUT2D eigenvalue weighted by molar-refractivity contribution is 6.35. The zero-order valence-corrected chi connectivity index (χ0v) is 14.7. The average molecular weight is 375 g/mol. The SMILES string of the molecule is NCC1(O)CCN(c2cnc3c(-c4ccnc(N)c4Cl)[nH]nc3n2)CC1. The molecule has 0 unspecified atom stereocenters. The summed E-state index contributed by atoms with van der Waals surface area (Å²) in [7, 11) is 0. The van der Waals surface area contributed by atoms with E-state index in [0.29, 0.717) is 53.4 Å². The Kier molecular flexibility index (Phi) is 4.14. The van der Waals surface area contributed by atoms with Gasteiger partial charge in [-0.25, -0.2) is 15.0 Å². The molecule has 136 valence electrons. The van der Waals surface area contributed by atoms with Gasteiger partial charge in [-0.3, -0.25) is 5.10 Å². The van der Waals surface area contributed by atoms with Crippen LogP contribution in [0.2, 0.25) is 5.02 Å². The van der Waals surface area contributed by atoms with Crippen molar-refractivity contribution < 1.29 is 5.11 Å². The van der Waals surface area contributed by atoms with Crippen LogP contribution in [0, 0.1) is 0 Å². The summed E-state index contributed by atoms with van der Waals surface area (Å²) < 4.78 is 0. The topological polar surface area (TPSA) is 143 Å². The van der Waals surface area contributed by atoms with Crippen LogP contribution < -0.4 is 16.4 Å². The van der Waals surface area contributed by atoms with Gasteiger partial charge in [0, 0.05) is 31.4 Å². The number of anilines is 2. The number of nitrogen functional groups attached to an aromatic ring is 1. The molecular formula is C16H19ClN8O. The standard InChI is InChI=1S/C16H19ClN8O/c17-11-9(1-4-20-14(11)19)12-13-15(24-23-12)22-10(7-21-13)25-5-2-16(26,8-18)3-6-25/h1,4,7,26H,2-3,5-6,8,18H2,(H2,19,20)(H,22,23,24). The Bertz CT molecular complexity index is 951. The van der Waals surface area contributed by atoms with E-state index in [9.17, 15) is 5.11 Å². The molecule has 1 aliphatic rings. The van der Waals surface area contributed by atoms with Gasteiger partial charge in [-0.2, -0.15) is 5.10 Å². The molecule has 3 aromatic heterocycles. The first-order valence-corrected chi connectivity index (χ1v) is 8.67. The molecule has 0 aliphatic carbocycles. The van der Waals surface area contributed by atoms with E-state index in [1.54, 1.807) is 18.5 Å². The first-order chi connectivity index (χ1) is 12.5. The van der Waals surface area contributed by atoms with Crippen molar-refractivity contribution in [1.82, 2.24) is 25.1 Å². The number of aromatic nitrogens is 5. The minimum Gasteiger partial charge on any atom is -0.388 e. The van der Waals surface area contributed by atoms with Crippen LogP contribution in [0.3, 0.4) is 0 Å². The number of aliphatic hydroxyl groups is 1. The lowest BCUT2D eigenvalue weighted by Crippen LogP contribution is -2.49. The first kappa shape index (κ1) is 17.0. The van der Waals surface area contributed by atoms with Gasteiger partial charge in [-0.05, 0) is 18.9 Å². The summed E-state index contributed by atoms with van der Waals surface area (Å²) >= 11 is 6.25. The van der Waals surface area contributed by atoms with Gasteiger partial charge >= 0.3 is 0 Å². The summed E-state index contributed by atoms with van der Waals surface area (Å²) in [5, 5.41) is 17.8. The fourth-order valence-corrected chi connectivity index (χ4v) is 3.34. The largest absolute Gasteiger partial charge is 0.388 e. The second-order valence-corrected chi connectivity index (χ2v) is 6.85. The molecule has 0 radical (unpaired) electrons. The van der Waals surface area contributed by atoms with E-state index in [2.05, 4.69) is 30.0 Å². The maximum Gasteiger partial charge on any atom is 0.202 e. The monoisotopic (exact) mass is 374 g/mol. The minimum atomic E-state index is -0.786. The number of fused-ring (bicyclic) bond motifs is 1. The van der Waals surface area contributed by atoms with Gasteiger partial charge in [-0.15, -0.1) is 0 Å². The molecule has 0 spiro atoms. The van der Waals surface area contributed by atoms with Crippen molar-refractivity contribution in [3.05, 3.63) is 23.5 Å². The summed E-state index contributed by atoms with van der Waals surface area (Å²) in [6.07, 6.45) is 4.48. The molecule has 26 heavy (non-hydrogen) atoms. The van der Waals surface area contributed by atoms with Crippen molar-refractivity contribution in [1.29, 1.82) is 0 Å². The van der Waals surface area contributed by atoms with Crippen molar-refractivity contribution in [2.24, 2.45) is 5.73 Å². The molecule has 4 rings (SSSR count). The van der Waals surface area contributed by atoms with Crippen LogP contribution in [0.4, 0.5) is 11.6 Å². The number of H-pyrrole nitrogens is 1. The highest BCUT2D eigenvalue weighted by Gasteiger charge is 2.31. The Balaban J connectivity index is 1.65. The van der Waals surface area contributed by atoms with Gasteiger partial charge in [0.1, 0.15) is 17.2 Å². The molecule has 0 atom stereocenters. The fraction of sp³-hybridized carbons (Fsp3) is 0.375. The Morgan fingerprint density at radius 1 is 1.31 bits per heavy atom. The maximum atomic E-state index is 10.3. The van der Waals surface area contributed by atoms with Gasteiger partial charge in [0.2, 0.25) is 5.65 Å². The number of piperidine rings is 1. The van der Waals surface area contributed by atoms with E-state index in [4.69, 9.17) is 23.1 Å². The molecular weight excluding hydrogens is 356 g/mol. The molecule has 0 saturated carbocycles. The first-order valence-electron chi connectivity index (χ1n) is 8.29. The Morgan fingerprint density at radius 3 is 2.81 bits per heavy atom. The van der Waals surface area contributed by atoms with Crippen LogP contribution >= 0.6 is 11.6 Å². The van der Waals surface area contributed by atoms with Crippen molar-refractivity contribution in [3.63, 3.8) is 0 Å². The second-order valence-electron chi connectivity index (χ2n) is 6.47. The van der Waals surface area contributed by atoms with Crippen molar-refractivity contribution in [3.8, 4) is 11.3 Å². The molecule has 0 bridgehead atoms. The predicted molar refractivity (Wildman–Crippen MR) is 99.8 cm³/mol. The van der Waals surface area contributed by atoms with Crippen LogP contribution in [0.25, 0.3) is 22.4 Å². The highest BCUT2D eigenvalue weighted by Crippen LogP contribution is 2.33. The molecule has 1 saturated heterocycles. The van der Waals surface area contributed by atoms with Crippen LogP contribution in [-0.2, 0) is 0 Å². The Labute approximate surface area is 154 Å². The van der Waals surface area contributed by atoms with Crippen molar-refractivity contribution in [2.75, 3.05) is 30.3 Å². The molecule has 6 N–H and O–H groups in total. The van der Waals surface area contributed by atoms with E-state index >= 15 is 0 Å². The van der Waals surface area contributed by atoms with E-state index < -0.39 is 5.60 Å². The Morgan fingerprint density at radius 2 is 2.08 bits per heavy atom. The number of pyridine rings is 1. The van der Waals surface area contributed by atoms with Gasteiger partial charge in [0.05, 0.1) is 22.5 Å². The van der Waals surface area contributed by atoms with Gasteiger partial charge in [0.25, 0.3) is 0 Å². The summed E-state index contributed by atoms with van der Waals surface area (Å²) in [5.41, 5.74) is 13.1. The molecule has 4 heterocycles. The van der Waals surface area contributed by atoms with Gasteiger partial charge in [0.15, 0.2) is 0 Å². The second kappa shape index (κ2) is 6.35. The number of aromatic amines is 1. The summed E-state index contributed by atoms with van der Waals surface area (Å²) in [5.74, 6) is 0.965. The van der Waals surface area contributed by atoms with E-state index in [1.807, 2.05) is 0 Å². The van der Waals surface area contributed by atoms with Crippen molar-refractivity contribution >= 4 is 34.4 Å². The van der Waals surface area contributed by atoms with Crippen LogP contribution in [0.5, 0.6) is 0 Å². The van der Waals surface area contributed by atoms with E-state index in [-0.39, 0.29) is 12.4 Å². The highest BCUT2D eigenvalue weighted by atomic mass is 35.5. The van der Waals surface area contributed by atoms with E-state index in [0.717, 1.165) is 5.82 Å². The molecule has 3 aromatic rings. The number of nitrogens with two attached hydrogens (primary N) is 2. The normalized spacial score (nSPS) is 17.0. The summed E-state index contributed by atoms with van der Waals surface area (Å²) in [6, 6.07) is 1.75. The Hall–Kier alpha value is -2.49. The van der Waals surface area contributed by atoms with Crippen molar-refractivity contribution in [2.45, 2.75) is 18.4 Å². The molecule has 9 nitrogen and oxygen atoms in total. The lowest BCUT2D eigenvalue weighted by atomic mass is 9.92. The zero-order valence-electron chi connectivity index (χ0n) is 14.0. The number of nitrogens with one attached hydrogen (secondary N) is 1. The zero-order chi connectivity index (χ0) is 18.3. The lowest BCUT2D eigenvalue weighted by molar-refractivity contribution is 0.0249. The number of hydrogen-bond acceptors (Lipinski definition) is 8. The summed E-state index contributed by atoms with van der Waals surface area (Å²) in [4.78, 5) is 15.1. The minimum absolute atomic E-state index is 0.247. The van der Waals surface area contributed by atoms with Gasteiger partial charge < -0.3 is 21.5 Å². The third-order valence-corrected chi connectivity index (χ3v) is 5.23. The van der Waals surface area contributed by atoms with Crippen LogP contribution in [0.1, 0.15) is 12.8 Å². The van der Waals surface area contributed by atoms with Crippen LogP contribution in [0.15, 0.2) is 18.5 Å². The molecule has 0 aromatic carbocycles. The lowest BCUT2D eigenvalue weighted by Gasteiger charge is -2.37. The third-order valence-electron chi connectivity index (χ3n) is 4.84. The maximum absolute atomic E-state index is 10.3. The number of nitrogens with zero attached hydrogens (tertiary/aromatic N) is 5. The van der Waals surface area contributed by atoms with E-state index in [1.165, 1.54) is 0 Å². The number of hydrogen-bond donors (Lipinski definition) is 4. The third kappa shape index (κ3) is 2.83.